The average Bonchev–Trinajstić information content (AvgIpc) is 2.50. The van der Waals surface area contributed by atoms with Crippen LogP contribution >= 0.6 is 27.3 Å². The zero-order valence-electron chi connectivity index (χ0n) is 6.77. The van der Waals surface area contributed by atoms with Crippen molar-refractivity contribution in [3.05, 3.63) is 26.9 Å². The monoisotopic (exact) mass is 276 g/mol. The van der Waals surface area contributed by atoms with Crippen LogP contribution in [0, 0.1) is 0 Å². The first kappa shape index (κ1) is 10.9. The van der Waals surface area contributed by atoms with Crippen LogP contribution in [0.25, 0.3) is 5.76 Å². The Morgan fingerprint density at radius 1 is 1.64 bits per heavy atom. The molecule has 0 fully saturated rings. The van der Waals surface area contributed by atoms with E-state index in [1.54, 1.807) is 11.4 Å². The quantitative estimate of drug-likeness (QED) is 0.520. The molecule has 0 unspecified atom stereocenters. The van der Waals surface area contributed by atoms with Gasteiger partial charge in [0.1, 0.15) is 0 Å². The lowest BCUT2D eigenvalue weighted by molar-refractivity contribution is -0.131. The van der Waals surface area contributed by atoms with E-state index >= 15 is 0 Å². The zero-order chi connectivity index (χ0) is 10.6. The van der Waals surface area contributed by atoms with Crippen molar-refractivity contribution in [2.45, 2.75) is 0 Å². The largest absolute Gasteiger partial charge is 0.478 e. The molecule has 74 valence electrons. The van der Waals surface area contributed by atoms with Crippen LogP contribution in [-0.4, -0.2) is 17.5 Å². The molecule has 1 heterocycles. The number of hydrogen-bond donors (Lipinski definition) is 1. The summed E-state index contributed by atoms with van der Waals surface area (Å²) in [6.45, 7) is 0.197. The van der Waals surface area contributed by atoms with Crippen LogP contribution in [0.3, 0.4) is 0 Å². The Bertz CT molecular complexity index is 382. The minimum Gasteiger partial charge on any atom is -0.478 e. The van der Waals surface area contributed by atoms with Crippen LogP contribution in [0.4, 0.5) is 0 Å². The van der Waals surface area contributed by atoms with Crippen LogP contribution in [-0.2, 0) is 14.3 Å². The number of halogens is 1. The first-order chi connectivity index (χ1) is 6.63. The second kappa shape index (κ2) is 4.92. The van der Waals surface area contributed by atoms with Gasteiger partial charge in [-0.3, -0.25) is 4.79 Å². The highest BCUT2D eigenvalue weighted by atomic mass is 79.9. The number of thiophene rings is 1. The maximum absolute atomic E-state index is 10.4. The normalized spacial score (nSPS) is 11.1. The van der Waals surface area contributed by atoms with Gasteiger partial charge in [-0.05, 0) is 22.0 Å². The van der Waals surface area contributed by atoms with Gasteiger partial charge in [-0.25, -0.2) is 4.79 Å². The summed E-state index contributed by atoms with van der Waals surface area (Å²) >= 11 is 4.49. The minimum atomic E-state index is -1.16. The number of carbonyl (C=O) groups is 2. The smallest absolute Gasteiger partial charge is 0.332 e. The van der Waals surface area contributed by atoms with Crippen LogP contribution in [0.15, 0.2) is 22.0 Å². The highest BCUT2D eigenvalue weighted by molar-refractivity contribution is 9.10. The Labute approximate surface area is 91.9 Å². The van der Waals surface area contributed by atoms with Gasteiger partial charge in [-0.1, -0.05) is 0 Å². The molecule has 0 bridgehead atoms. The summed E-state index contributed by atoms with van der Waals surface area (Å²) in [5.74, 6) is -1.13. The maximum Gasteiger partial charge on any atom is 0.332 e. The van der Waals surface area contributed by atoms with Crippen LogP contribution in [0.5, 0.6) is 0 Å². The second-order valence-electron chi connectivity index (χ2n) is 2.19. The van der Waals surface area contributed by atoms with Gasteiger partial charge in [-0.15, -0.1) is 11.3 Å². The molecule has 0 atom stereocenters. The lowest BCUT2D eigenvalue weighted by atomic mass is 10.3. The Morgan fingerprint density at radius 3 is 2.79 bits per heavy atom. The summed E-state index contributed by atoms with van der Waals surface area (Å²) < 4.78 is 5.35. The molecule has 4 nitrogen and oxygen atoms in total. The van der Waals surface area contributed by atoms with Gasteiger partial charge < -0.3 is 9.84 Å². The summed E-state index contributed by atoms with van der Waals surface area (Å²) in [7, 11) is 0. The molecule has 0 aliphatic rings. The highest BCUT2D eigenvalue weighted by Crippen LogP contribution is 2.26. The number of rotatable bonds is 4. The lowest BCUT2D eigenvalue weighted by Gasteiger charge is -1.98. The van der Waals surface area contributed by atoms with E-state index in [2.05, 4.69) is 20.7 Å². The van der Waals surface area contributed by atoms with E-state index in [9.17, 15) is 9.59 Å². The predicted octanol–water partition coefficient (Wildman–Crippen LogP) is 2.11. The molecule has 0 spiro atoms. The minimum absolute atomic E-state index is 0.0307. The Balaban J connectivity index is 2.99. The first-order valence-corrected chi connectivity index (χ1v) is 5.10. The molecule has 14 heavy (non-hydrogen) atoms. The van der Waals surface area contributed by atoms with Crippen molar-refractivity contribution in [1.82, 2.24) is 0 Å². The number of hydrogen-bond acceptors (Lipinski definition) is 4. The van der Waals surface area contributed by atoms with Crippen molar-refractivity contribution >= 4 is 45.5 Å². The fraction of sp³-hybridized carbons (Fsp3) is 0. The van der Waals surface area contributed by atoms with Crippen LogP contribution in [0.2, 0.25) is 0 Å². The van der Waals surface area contributed by atoms with E-state index in [-0.39, 0.29) is 12.2 Å². The Morgan fingerprint density at radius 2 is 2.36 bits per heavy atom. The molecule has 0 aromatic carbocycles. The molecule has 0 radical (unpaired) electrons. The van der Waals surface area contributed by atoms with Crippen LogP contribution in [0.1, 0.15) is 4.88 Å². The van der Waals surface area contributed by atoms with Crippen molar-refractivity contribution in [2.75, 3.05) is 0 Å². The third-order valence-corrected chi connectivity index (χ3v) is 2.95. The summed E-state index contributed by atoms with van der Waals surface area (Å²) in [4.78, 5) is 21.1. The van der Waals surface area contributed by atoms with Gasteiger partial charge in [0.05, 0.1) is 11.0 Å². The fourth-order valence-corrected chi connectivity index (χ4v) is 2.16. The number of aliphatic carboxylic acids is 1. The van der Waals surface area contributed by atoms with Crippen molar-refractivity contribution in [3.8, 4) is 0 Å². The number of ether oxygens (including phenoxy) is 1. The molecular weight excluding hydrogens is 272 g/mol. The number of carbonyl (C=O) groups excluding carboxylic acids is 1. The third-order valence-electron chi connectivity index (χ3n) is 1.24. The lowest BCUT2D eigenvalue weighted by Crippen LogP contribution is -1.94. The van der Waals surface area contributed by atoms with Gasteiger partial charge in [-0.2, -0.15) is 0 Å². The Kier molecular flexibility index (Phi) is 3.84. The zero-order valence-corrected chi connectivity index (χ0v) is 9.17. The van der Waals surface area contributed by atoms with E-state index in [0.29, 0.717) is 4.88 Å². The Hall–Kier alpha value is -1.14. The molecule has 0 aliphatic carbocycles. The number of carboxylic acids is 1. The van der Waals surface area contributed by atoms with Crippen molar-refractivity contribution in [1.29, 1.82) is 0 Å². The number of carboxylic acid groups (broad SMARTS) is 1. The molecule has 0 amide bonds. The van der Waals surface area contributed by atoms with Crippen molar-refractivity contribution in [3.63, 3.8) is 0 Å². The fourth-order valence-electron chi connectivity index (χ4n) is 0.769. The van der Waals surface area contributed by atoms with Crippen LogP contribution < -0.4 is 0 Å². The van der Waals surface area contributed by atoms with E-state index in [4.69, 9.17) is 5.11 Å². The highest BCUT2D eigenvalue weighted by Gasteiger charge is 2.08. The van der Waals surface area contributed by atoms with Gasteiger partial charge >= 0.3 is 5.97 Å². The molecule has 6 heteroatoms. The summed E-state index contributed by atoms with van der Waals surface area (Å²) in [5, 5.41) is 10.3. The third kappa shape index (κ3) is 2.97. The van der Waals surface area contributed by atoms with Crippen molar-refractivity contribution in [2.24, 2.45) is 0 Å². The second-order valence-corrected chi connectivity index (χ2v) is 4.02. The average molecular weight is 277 g/mol. The first-order valence-electron chi connectivity index (χ1n) is 3.43. The van der Waals surface area contributed by atoms with E-state index in [1.165, 1.54) is 11.3 Å². The van der Waals surface area contributed by atoms with Crippen molar-refractivity contribution < 1.29 is 19.4 Å². The van der Waals surface area contributed by atoms with E-state index < -0.39 is 5.97 Å². The van der Waals surface area contributed by atoms with Gasteiger partial charge in [0, 0.05) is 9.85 Å². The standard InChI is InChI=1S/C8H5BrO4S/c9-5-1-7(14-3-5)6(13-4-10)2-8(11)12/h1-4H,(H,11,12). The summed E-state index contributed by atoms with van der Waals surface area (Å²) in [6.07, 6.45) is 0.840. The summed E-state index contributed by atoms with van der Waals surface area (Å²) in [6, 6.07) is 1.67. The predicted molar refractivity (Wildman–Crippen MR) is 54.8 cm³/mol. The van der Waals surface area contributed by atoms with E-state index in [1.807, 2.05) is 0 Å². The SMILES string of the molecule is O=COC(=CC(=O)O)c1cc(Br)cs1. The molecule has 0 aliphatic heterocycles. The maximum atomic E-state index is 10.4. The van der Waals surface area contributed by atoms with Gasteiger partial charge in [0.2, 0.25) is 0 Å². The molecule has 0 saturated heterocycles. The molecule has 1 aromatic heterocycles. The molecular formula is C8H5BrO4S. The van der Waals surface area contributed by atoms with Gasteiger partial charge in [0.25, 0.3) is 6.47 Å². The molecule has 1 aromatic rings. The molecule has 1 N–H and O–H groups in total. The topological polar surface area (TPSA) is 63.6 Å². The molecule has 0 saturated carbocycles. The summed E-state index contributed by atoms with van der Waals surface area (Å²) in [5.41, 5.74) is 0. The van der Waals surface area contributed by atoms with E-state index in [0.717, 1.165) is 10.5 Å². The molecule has 1 rings (SSSR count). The van der Waals surface area contributed by atoms with Gasteiger partial charge in [0.15, 0.2) is 5.76 Å².